The number of H-pyrrole nitrogens is 1. The van der Waals surface area contributed by atoms with E-state index < -0.39 is 12.1 Å². The summed E-state index contributed by atoms with van der Waals surface area (Å²) >= 11 is 12.3. The number of fused-ring (bicyclic) bond motifs is 1. The first kappa shape index (κ1) is 25.3. The monoisotopic (exact) mass is 545 g/mol. The highest BCUT2D eigenvalue weighted by Gasteiger charge is 2.22. The van der Waals surface area contributed by atoms with Crippen LogP contribution < -0.4 is 21.0 Å². The van der Waals surface area contributed by atoms with Crippen LogP contribution in [-0.2, 0) is 6.54 Å². The van der Waals surface area contributed by atoms with Gasteiger partial charge in [-0.2, -0.15) is 0 Å². The quantitative estimate of drug-likeness (QED) is 0.277. The smallest absolute Gasteiger partial charge is 0.410 e. The molecule has 0 aliphatic carbocycles. The van der Waals surface area contributed by atoms with E-state index in [-0.39, 0.29) is 23.3 Å². The van der Waals surface area contributed by atoms with Crippen molar-refractivity contribution in [1.82, 2.24) is 14.9 Å². The lowest BCUT2D eigenvalue weighted by atomic mass is 9.98. The van der Waals surface area contributed by atoms with Gasteiger partial charge in [0, 0.05) is 39.5 Å². The molecule has 0 fully saturated rings. The number of nitrogens with one attached hydrogen (secondary N) is 2. The zero-order valence-electron chi connectivity index (χ0n) is 19.9. The number of aromatic nitrogens is 2. The molecule has 0 aliphatic rings. The maximum atomic E-state index is 13.3. The van der Waals surface area contributed by atoms with E-state index in [4.69, 9.17) is 27.9 Å². The maximum Gasteiger partial charge on any atom is 0.413 e. The van der Waals surface area contributed by atoms with Gasteiger partial charge in [-0.05, 0) is 41.5 Å². The first-order chi connectivity index (χ1) is 18.4. The van der Waals surface area contributed by atoms with Crippen LogP contribution in [0.15, 0.2) is 107 Å². The Morgan fingerprint density at radius 1 is 0.947 bits per heavy atom. The largest absolute Gasteiger partial charge is 0.413 e. The number of nitrogens with zero attached hydrogens (tertiary/aromatic N) is 1. The highest BCUT2D eigenvalue weighted by molar-refractivity contribution is 6.31. The topological polar surface area (TPSA) is 93.2 Å². The number of ether oxygens (including phenoxy) is 1. The van der Waals surface area contributed by atoms with Crippen LogP contribution in [0.5, 0.6) is 5.75 Å². The van der Waals surface area contributed by atoms with Crippen LogP contribution in [0.25, 0.3) is 10.9 Å². The van der Waals surface area contributed by atoms with Gasteiger partial charge in [0.15, 0.2) is 5.43 Å². The van der Waals surface area contributed by atoms with Gasteiger partial charge in [0.2, 0.25) is 0 Å². The number of pyridine rings is 2. The van der Waals surface area contributed by atoms with Crippen molar-refractivity contribution in [2.75, 3.05) is 0 Å². The lowest BCUT2D eigenvalue weighted by molar-refractivity contribution is 0.197. The third kappa shape index (κ3) is 5.49. The Labute approximate surface area is 227 Å². The van der Waals surface area contributed by atoms with E-state index in [1.807, 2.05) is 36.4 Å². The average molecular weight is 546 g/mol. The van der Waals surface area contributed by atoms with E-state index in [0.29, 0.717) is 32.1 Å². The number of carbonyl (C=O) groups excluding carboxylic acids is 1. The van der Waals surface area contributed by atoms with Crippen molar-refractivity contribution in [3.05, 3.63) is 145 Å². The van der Waals surface area contributed by atoms with Crippen molar-refractivity contribution in [2.45, 2.75) is 12.6 Å². The lowest BCUT2D eigenvalue weighted by Crippen LogP contribution is -2.34. The van der Waals surface area contributed by atoms with Crippen LogP contribution in [-0.4, -0.2) is 15.6 Å². The zero-order valence-corrected chi connectivity index (χ0v) is 21.4. The fraction of sp³-hybridized carbons (Fsp3) is 0.0690. The van der Waals surface area contributed by atoms with Gasteiger partial charge in [-0.1, -0.05) is 71.7 Å². The second-order valence-electron chi connectivity index (χ2n) is 8.56. The van der Waals surface area contributed by atoms with Crippen LogP contribution in [0, 0.1) is 0 Å². The molecule has 9 heteroatoms. The van der Waals surface area contributed by atoms with Gasteiger partial charge >= 0.3 is 6.09 Å². The summed E-state index contributed by atoms with van der Waals surface area (Å²) in [5.41, 5.74) is 1.75. The molecule has 5 rings (SSSR count). The lowest BCUT2D eigenvalue weighted by Gasteiger charge is -2.19. The van der Waals surface area contributed by atoms with Crippen LogP contribution in [0.2, 0.25) is 10.0 Å². The molecule has 38 heavy (non-hydrogen) atoms. The Kier molecular flexibility index (Phi) is 7.31. The van der Waals surface area contributed by atoms with Gasteiger partial charge in [-0.3, -0.25) is 9.59 Å². The van der Waals surface area contributed by atoms with E-state index in [1.165, 1.54) is 22.9 Å². The van der Waals surface area contributed by atoms with Gasteiger partial charge in [-0.25, -0.2) is 4.79 Å². The van der Waals surface area contributed by atoms with Crippen molar-refractivity contribution in [2.24, 2.45) is 0 Å². The number of hydrogen-bond donors (Lipinski definition) is 2. The van der Waals surface area contributed by atoms with Crippen molar-refractivity contribution in [3.8, 4) is 5.75 Å². The van der Waals surface area contributed by atoms with E-state index in [9.17, 15) is 14.4 Å². The van der Waals surface area contributed by atoms with E-state index in [1.54, 1.807) is 42.6 Å². The molecular weight excluding hydrogens is 525 g/mol. The molecule has 0 spiro atoms. The molecule has 1 amide bonds. The molecule has 0 aliphatic heterocycles. The Hall–Kier alpha value is -4.33. The predicted molar refractivity (Wildman–Crippen MR) is 148 cm³/mol. The third-order valence-corrected chi connectivity index (χ3v) is 6.66. The second kappa shape index (κ2) is 11.0. The van der Waals surface area contributed by atoms with Gasteiger partial charge in [-0.15, -0.1) is 0 Å². The molecule has 1 unspecified atom stereocenters. The summed E-state index contributed by atoms with van der Waals surface area (Å²) in [5.74, 6) is 0.0665. The van der Waals surface area contributed by atoms with Gasteiger partial charge < -0.3 is 19.6 Å². The molecule has 5 aromatic rings. The Morgan fingerprint density at radius 3 is 2.47 bits per heavy atom. The number of benzene rings is 3. The summed E-state index contributed by atoms with van der Waals surface area (Å²) < 4.78 is 6.88. The molecule has 2 N–H and O–H groups in total. The minimum atomic E-state index is -0.822. The molecule has 3 aromatic carbocycles. The summed E-state index contributed by atoms with van der Waals surface area (Å²) in [6.07, 6.45) is 2.26. The average Bonchev–Trinajstić information content (AvgIpc) is 2.91. The SMILES string of the molecule is O=C(NC(c1ccccc1)c1c[nH]c2cc(Cl)ccc2c1=O)Oc1ccn(Cc2ccccc2Cl)c(=O)c1. The summed E-state index contributed by atoms with van der Waals surface area (Å²) in [5, 5.41) is 4.25. The van der Waals surface area contributed by atoms with E-state index in [2.05, 4.69) is 10.3 Å². The third-order valence-electron chi connectivity index (χ3n) is 6.05. The summed E-state index contributed by atoms with van der Waals surface area (Å²) in [6.45, 7) is 0.275. The van der Waals surface area contributed by atoms with Gasteiger partial charge in [0.1, 0.15) is 5.75 Å². The predicted octanol–water partition coefficient (Wildman–Crippen LogP) is 5.92. The molecule has 2 heterocycles. The second-order valence-corrected chi connectivity index (χ2v) is 9.40. The zero-order chi connectivity index (χ0) is 26.6. The van der Waals surface area contributed by atoms with Crippen molar-refractivity contribution in [1.29, 1.82) is 0 Å². The van der Waals surface area contributed by atoms with Crippen LogP contribution in [0.3, 0.4) is 0 Å². The fourth-order valence-corrected chi connectivity index (χ4v) is 4.53. The first-order valence-corrected chi connectivity index (χ1v) is 12.4. The normalized spacial score (nSPS) is 11.7. The molecule has 0 radical (unpaired) electrons. The molecule has 0 saturated carbocycles. The molecular formula is C29H21Cl2N3O4. The van der Waals surface area contributed by atoms with Crippen LogP contribution in [0.4, 0.5) is 4.79 Å². The number of halogens is 2. The standard InChI is InChI=1S/C29H21Cl2N3O4/c30-20-10-11-22-25(14-20)32-16-23(28(22)36)27(18-6-2-1-3-7-18)33-29(37)38-21-12-13-34(26(35)15-21)17-19-8-4-5-9-24(19)31/h1-16,27H,17H2,(H,32,36)(H,33,37). The first-order valence-electron chi connectivity index (χ1n) is 11.7. The summed E-state index contributed by atoms with van der Waals surface area (Å²) in [7, 11) is 0. The number of aromatic amines is 1. The highest BCUT2D eigenvalue weighted by Crippen LogP contribution is 2.23. The van der Waals surface area contributed by atoms with Crippen LogP contribution >= 0.6 is 23.2 Å². The number of hydrogen-bond acceptors (Lipinski definition) is 4. The van der Waals surface area contributed by atoms with Crippen molar-refractivity contribution < 1.29 is 9.53 Å². The summed E-state index contributed by atoms with van der Waals surface area (Å²) in [6, 6.07) is 23.1. The Balaban J connectivity index is 1.40. The maximum absolute atomic E-state index is 13.3. The fourth-order valence-electron chi connectivity index (χ4n) is 4.16. The van der Waals surface area contributed by atoms with E-state index >= 15 is 0 Å². The minimum Gasteiger partial charge on any atom is -0.410 e. The molecule has 7 nitrogen and oxygen atoms in total. The number of amides is 1. The Bertz CT molecular complexity index is 1750. The molecule has 2 aromatic heterocycles. The number of rotatable bonds is 6. The molecule has 1 atom stereocenters. The Morgan fingerprint density at radius 2 is 1.71 bits per heavy atom. The number of carbonyl (C=O) groups is 1. The van der Waals surface area contributed by atoms with Gasteiger partial charge in [0.25, 0.3) is 5.56 Å². The molecule has 0 saturated heterocycles. The van der Waals surface area contributed by atoms with Crippen molar-refractivity contribution >= 4 is 40.2 Å². The van der Waals surface area contributed by atoms with E-state index in [0.717, 1.165) is 5.56 Å². The minimum absolute atomic E-state index is 0.0665. The molecule has 190 valence electrons. The highest BCUT2D eigenvalue weighted by atomic mass is 35.5. The molecule has 0 bridgehead atoms. The van der Waals surface area contributed by atoms with Crippen molar-refractivity contribution in [3.63, 3.8) is 0 Å². The van der Waals surface area contributed by atoms with Gasteiger partial charge in [0.05, 0.1) is 18.1 Å². The summed E-state index contributed by atoms with van der Waals surface area (Å²) in [4.78, 5) is 42.0. The van der Waals surface area contributed by atoms with Crippen LogP contribution in [0.1, 0.15) is 22.7 Å².